The lowest BCUT2D eigenvalue weighted by molar-refractivity contribution is 0.0554. The van der Waals surface area contributed by atoms with Crippen molar-refractivity contribution in [1.82, 2.24) is 10.2 Å². The summed E-state index contributed by atoms with van der Waals surface area (Å²) in [6.07, 6.45) is 1.30. The Hall–Kier alpha value is -0.940. The first kappa shape index (κ1) is 16.4. The summed E-state index contributed by atoms with van der Waals surface area (Å²) in [5.41, 5.74) is 0.743. The Kier molecular flexibility index (Phi) is 6.18. The minimum atomic E-state index is -0.403. The van der Waals surface area contributed by atoms with Crippen molar-refractivity contribution in [3.8, 4) is 0 Å². The Morgan fingerprint density at radius 2 is 2.14 bits per heavy atom. The second-order valence-corrected chi connectivity index (χ2v) is 5.91. The Morgan fingerprint density at radius 1 is 1.38 bits per heavy atom. The fourth-order valence-corrected chi connectivity index (χ4v) is 3.15. The molecule has 4 heteroatoms. The third kappa shape index (κ3) is 4.27. The number of nitrogens with zero attached hydrogens (tertiary/aromatic N) is 1. The topological polar surface area (TPSA) is 44.7 Å². The van der Waals surface area contributed by atoms with E-state index in [1.807, 2.05) is 18.2 Å². The van der Waals surface area contributed by atoms with E-state index >= 15 is 0 Å². The van der Waals surface area contributed by atoms with Crippen LogP contribution in [0.4, 0.5) is 0 Å². The Labute approximate surface area is 128 Å². The molecule has 1 fully saturated rings. The van der Waals surface area contributed by atoms with Crippen molar-refractivity contribution in [3.05, 3.63) is 35.9 Å². The molecule has 0 saturated carbocycles. The number of nitrogens with one attached hydrogen (secondary N) is 1. The van der Waals surface area contributed by atoms with Crippen LogP contribution in [0.3, 0.4) is 0 Å². The summed E-state index contributed by atoms with van der Waals surface area (Å²) in [5, 5.41) is 13.6. The third-order valence-corrected chi connectivity index (χ3v) is 4.14. The summed E-state index contributed by atoms with van der Waals surface area (Å²) in [4.78, 5) is 2.41. The Morgan fingerprint density at radius 3 is 2.81 bits per heavy atom. The smallest absolute Gasteiger partial charge is 0.0797 e. The van der Waals surface area contributed by atoms with Crippen molar-refractivity contribution in [2.24, 2.45) is 0 Å². The molecule has 2 rings (SSSR count). The van der Waals surface area contributed by atoms with Gasteiger partial charge >= 0.3 is 0 Å². The lowest BCUT2D eigenvalue weighted by Crippen LogP contribution is -2.54. The van der Waals surface area contributed by atoms with Gasteiger partial charge in [0.1, 0.15) is 0 Å². The summed E-state index contributed by atoms with van der Waals surface area (Å²) in [7, 11) is 0. The molecule has 0 amide bonds. The maximum Gasteiger partial charge on any atom is 0.0797 e. The van der Waals surface area contributed by atoms with Crippen LogP contribution in [0.2, 0.25) is 0 Å². The summed E-state index contributed by atoms with van der Waals surface area (Å²) >= 11 is 0. The van der Waals surface area contributed by atoms with Crippen LogP contribution < -0.4 is 5.32 Å². The SMILES string of the molecule is CCNC(CO)(CN1CCCOC(C)C1)c1ccccc1. The first-order valence-corrected chi connectivity index (χ1v) is 7.95. The van der Waals surface area contributed by atoms with Gasteiger partial charge in [0.05, 0.1) is 18.2 Å². The minimum absolute atomic E-state index is 0.0938. The highest BCUT2D eigenvalue weighted by molar-refractivity contribution is 5.25. The van der Waals surface area contributed by atoms with E-state index in [0.717, 1.165) is 44.8 Å². The van der Waals surface area contributed by atoms with E-state index in [4.69, 9.17) is 4.74 Å². The van der Waals surface area contributed by atoms with E-state index in [1.54, 1.807) is 0 Å². The molecule has 2 unspecified atom stereocenters. The van der Waals surface area contributed by atoms with E-state index in [9.17, 15) is 5.11 Å². The predicted octanol–water partition coefficient (Wildman–Crippen LogP) is 1.59. The fourth-order valence-electron chi connectivity index (χ4n) is 3.15. The molecule has 1 aliphatic rings. The average molecular weight is 292 g/mol. The van der Waals surface area contributed by atoms with Gasteiger partial charge in [0.2, 0.25) is 0 Å². The zero-order valence-corrected chi connectivity index (χ0v) is 13.2. The third-order valence-electron chi connectivity index (χ3n) is 4.14. The molecular formula is C17H28N2O2. The normalized spacial score (nSPS) is 23.5. The number of aliphatic hydroxyl groups excluding tert-OH is 1. The van der Waals surface area contributed by atoms with Gasteiger partial charge in [-0.25, -0.2) is 0 Å². The van der Waals surface area contributed by atoms with Crippen LogP contribution in [0.25, 0.3) is 0 Å². The number of likely N-dealkylation sites (N-methyl/N-ethyl adjacent to an activating group) is 1. The van der Waals surface area contributed by atoms with E-state index in [2.05, 4.69) is 36.2 Å². The van der Waals surface area contributed by atoms with E-state index in [1.165, 1.54) is 0 Å². The lowest BCUT2D eigenvalue weighted by Gasteiger charge is -2.38. The molecule has 0 bridgehead atoms. The van der Waals surface area contributed by atoms with Crippen molar-refractivity contribution < 1.29 is 9.84 Å². The largest absolute Gasteiger partial charge is 0.394 e. The number of benzene rings is 1. The van der Waals surface area contributed by atoms with E-state index in [0.29, 0.717) is 0 Å². The zero-order valence-electron chi connectivity index (χ0n) is 13.2. The Balaban J connectivity index is 2.19. The lowest BCUT2D eigenvalue weighted by atomic mass is 9.89. The molecule has 2 N–H and O–H groups in total. The molecule has 1 aliphatic heterocycles. The van der Waals surface area contributed by atoms with Crippen LogP contribution in [-0.4, -0.2) is 55.5 Å². The van der Waals surface area contributed by atoms with Gasteiger partial charge in [0.15, 0.2) is 0 Å². The quantitative estimate of drug-likeness (QED) is 0.836. The van der Waals surface area contributed by atoms with Gasteiger partial charge in [-0.15, -0.1) is 0 Å². The van der Waals surface area contributed by atoms with Gasteiger partial charge in [-0.1, -0.05) is 37.3 Å². The van der Waals surface area contributed by atoms with Gasteiger partial charge in [-0.05, 0) is 25.5 Å². The first-order valence-electron chi connectivity index (χ1n) is 7.95. The van der Waals surface area contributed by atoms with Gasteiger partial charge in [-0.3, -0.25) is 4.90 Å². The summed E-state index contributed by atoms with van der Waals surface area (Å²) < 4.78 is 5.72. The first-order chi connectivity index (χ1) is 10.2. The molecule has 1 heterocycles. The summed E-state index contributed by atoms with van der Waals surface area (Å²) in [6, 6.07) is 10.3. The van der Waals surface area contributed by atoms with E-state index in [-0.39, 0.29) is 12.7 Å². The highest BCUT2D eigenvalue weighted by atomic mass is 16.5. The molecule has 118 valence electrons. The Bertz CT molecular complexity index is 413. The molecule has 1 saturated heterocycles. The molecule has 1 aromatic carbocycles. The molecule has 21 heavy (non-hydrogen) atoms. The zero-order chi connectivity index (χ0) is 15.1. The predicted molar refractivity (Wildman–Crippen MR) is 85.4 cm³/mol. The minimum Gasteiger partial charge on any atom is -0.394 e. The second kappa shape index (κ2) is 7.90. The standard InChI is InChI=1S/C17H28N2O2/c1-3-18-17(14-20,16-8-5-4-6-9-16)13-19-10-7-11-21-15(2)12-19/h4-6,8-9,15,18,20H,3,7,10-14H2,1-2H3. The number of aliphatic hydroxyl groups is 1. The molecule has 0 radical (unpaired) electrons. The van der Waals surface area contributed by atoms with Crippen LogP contribution >= 0.6 is 0 Å². The van der Waals surface area contributed by atoms with E-state index < -0.39 is 5.54 Å². The molecule has 2 atom stereocenters. The highest BCUT2D eigenvalue weighted by Crippen LogP contribution is 2.23. The summed E-state index contributed by atoms with van der Waals surface area (Å²) in [5.74, 6) is 0. The number of rotatable bonds is 6. The van der Waals surface area contributed by atoms with Crippen molar-refractivity contribution in [2.45, 2.75) is 31.9 Å². The monoisotopic (exact) mass is 292 g/mol. The highest BCUT2D eigenvalue weighted by Gasteiger charge is 2.33. The van der Waals surface area contributed by atoms with Crippen LogP contribution in [0, 0.1) is 0 Å². The van der Waals surface area contributed by atoms with Crippen LogP contribution in [0.5, 0.6) is 0 Å². The fraction of sp³-hybridized carbons (Fsp3) is 0.647. The van der Waals surface area contributed by atoms with Gasteiger partial charge in [0, 0.05) is 26.2 Å². The summed E-state index contributed by atoms with van der Waals surface area (Å²) in [6.45, 7) is 8.69. The molecule has 0 aliphatic carbocycles. The second-order valence-electron chi connectivity index (χ2n) is 5.91. The van der Waals surface area contributed by atoms with Crippen molar-refractivity contribution in [3.63, 3.8) is 0 Å². The molecule has 0 spiro atoms. The van der Waals surface area contributed by atoms with Gasteiger partial charge in [-0.2, -0.15) is 0 Å². The number of hydrogen-bond donors (Lipinski definition) is 2. The average Bonchev–Trinajstić information content (AvgIpc) is 2.71. The molecule has 4 nitrogen and oxygen atoms in total. The van der Waals surface area contributed by atoms with Crippen LogP contribution in [0.1, 0.15) is 25.8 Å². The van der Waals surface area contributed by atoms with Crippen molar-refractivity contribution in [2.75, 3.05) is 39.4 Å². The van der Waals surface area contributed by atoms with Gasteiger partial charge < -0.3 is 15.2 Å². The molecule has 1 aromatic rings. The van der Waals surface area contributed by atoms with Crippen molar-refractivity contribution in [1.29, 1.82) is 0 Å². The molecular weight excluding hydrogens is 264 g/mol. The maximum absolute atomic E-state index is 10.1. The maximum atomic E-state index is 10.1. The number of ether oxygens (including phenoxy) is 1. The van der Waals surface area contributed by atoms with Crippen molar-refractivity contribution >= 4 is 0 Å². The molecule has 0 aromatic heterocycles. The van der Waals surface area contributed by atoms with Gasteiger partial charge in [0.25, 0.3) is 0 Å². The number of hydrogen-bond acceptors (Lipinski definition) is 4. The van der Waals surface area contributed by atoms with Crippen LogP contribution in [0.15, 0.2) is 30.3 Å². The van der Waals surface area contributed by atoms with Crippen LogP contribution in [-0.2, 0) is 10.3 Å².